The molecule has 0 unspecified atom stereocenters. The van der Waals surface area contributed by atoms with E-state index < -0.39 is 0 Å². The first kappa shape index (κ1) is 31.9. The number of H-pyrrole nitrogens is 1. The van der Waals surface area contributed by atoms with Crippen LogP contribution in [0.3, 0.4) is 0 Å². The first-order valence-corrected chi connectivity index (χ1v) is 19.0. The van der Waals surface area contributed by atoms with Gasteiger partial charge in [-0.05, 0) is 59.2 Å². The average molecular weight is 715 g/mol. The molecule has 56 heavy (non-hydrogen) atoms. The second kappa shape index (κ2) is 13.1. The van der Waals surface area contributed by atoms with Crippen LogP contribution in [0.2, 0.25) is 0 Å². The maximum atomic E-state index is 5.19. The first-order chi connectivity index (χ1) is 27.8. The third kappa shape index (κ3) is 5.31. The normalized spacial score (nSPS) is 11.6. The Morgan fingerprint density at radius 2 is 0.857 bits per heavy atom. The van der Waals surface area contributed by atoms with Gasteiger partial charge >= 0.3 is 0 Å². The van der Waals surface area contributed by atoms with Gasteiger partial charge in [-0.25, -0.2) is 9.97 Å². The van der Waals surface area contributed by atoms with Crippen LogP contribution in [0.5, 0.6) is 0 Å². The summed E-state index contributed by atoms with van der Waals surface area (Å²) >= 11 is 0. The van der Waals surface area contributed by atoms with Gasteiger partial charge in [-0.15, -0.1) is 0 Å². The molecule has 0 atom stereocenters. The highest BCUT2D eigenvalue weighted by Gasteiger charge is 2.19. The van der Waals surface area contributed by atoms with Crippen molar-refractivity contribution < 1.29 is 0 Å². The zero-order valence-electron chi connectivity index (χ0n) is 30.4. The number of aromatic nitrogens is 4. The molecule has 0 saturated carbocycles. The van der Waals surface area contributed by atoms with Crippen LogP contribution in [0, 0.1) is 0 Å². The SMILES string of the molecule is c1ccc(-c2ccc3c(c2)c2cc(-c4cccc5c4[nH]c4c(-c6cc(-c7ccccc7)nc(-c7ccccc7)n6)cccc45)ccc2n3-c2ccccc2)cc1. The highest BCUT2D eigenvalue weighted by molar-refractivity contribution is 6.17. The summed E-state index contributed by atoms with van der Waals surface area (Å²) in [5.41, 5.74) is 15.2. The standard InChI is InChI=1S/C52H34N4/c1-5-15-34(16-6-1)37-27-29-48-44(31-37)45-32-38(28-30-49(45)56(48)39-21-11-4-12-22-39)40-23-13-24-41-42-25-14-26-43(51(42)55-50(40)41)47-33-46(35-17-7-2-8-18-35)53-52(54-47)36-19-9-3-10-20-36/h1-33,55H. The van der Waals surface area contributed by atoms with Crippen molar-refractivity contribution in [3.8, 4) is 61.8 Å². The van der Waals surface area contributed by atoms with Crippen LogP contribution in [0.4, 0.5) is 0 Å². The van der Waals surface area contributed by atoms with Crippen LogP contribution < -0.4 is 0 Å². The third-order valence-corrected chi connectivity index (χ3v) is 11.0. The van der Waals surface area contributed by atoms with E-state index in [-0.39, 0.29) is 0 Å². The number of hydrogen-bond donors (Lipinski definition) is 1. The average Bonchev–Trinajstić information content (AvgIpc) is 3.83. The highest BCUT2D eigenvalue weighted by Crippen LogP contribution is 2.41. The molecular weight excluding hydrogens is 681 g/mol. The van der Waals surface area contributed by atoms with E-state index in [0.717, 1.165) is 61.3 Å². The van der Waals surface area contributed by atoms with Gasteiger partial charge in [0, 0.05) is 49.5 Å². The lowest BCUT2D eigenvalue weighted by atomic mass is 9.98. The molecule has 3 aromatic heterocycles. The number of benzene rings is 8. The fourth-order valence-electron chi connectivity index (χ4n) is 8.32. The van der Waals surface area contributed by atoms with Crippen molar-refractivity contribution in [2.75, 3.05) is 0 Å². The molecule has 1 N–H and O–H groups in total. The lowest BCUT2D eigenvalue weighted by Gasteiger charge is -2.10. The summed E-state index contributed by atoms with van der Waals surface area (Å²) in [6.07, 6.45) is 0. The number of para-hydroxylation sites is 3. The summed E-state index contributed by atoms with van der Waals surface area (Å²) in [6.45, 7) is 0. The Morgan fingerprint density at radius 1 is 0.339 bits per heavy atom. The van der Waals surface area contributed by atoms with Crippen molar-refractivity contribution in [1.29, 1.82) is 0 Å². The van der Waals surface area contributed by atoms with Gasteiger partial charge < -0.3 is 9.55 Å². The largest absolute Gasteiger partial charge is 0.353 e. The van der Waals surface area contributed by atoms with Gasteiger partial charge in [-0.1, -0.05) is 158 Å². The molecule has 0 aliphatic carbocycles. The molecule has 0 spiro atoms. The van der Waals surface area contributed by atoms with E-state index in [9.17, 15) is 0 Å². The van der Waals surface area contributed by atoms with Gasteiger partial charge in [0.1, 0.15) is 0 Å². The minimum absolute atomic E-state index is 0.703. The number of nitrogens with zero attached hydrogens (tertiary/aromatic N) is 3. The molecule has 11 rings (SSSR count). The van der Waals surface area contributed by atoms with E-state index >= 15 is 0 Å². The van der Waals surface area contributed by atoms with Crippen molar-refractivity contribution in [3.63, 3.8) is 0 Å². The molecule has 3 heterocycles. The molecule has 0 saturated heterocycles. The Balaban J connectivity index is 1.11. The minimum Gasteiger partial charge on any atom is -0.353 e. The van der Waals surface area contributed by atoms with Crippen molar-refractivity contribution >= 4 is 43.6 Å². The summed E-state index contributed by atoms with van der Waals surface area (Å²) < 4.78 is 2.38. The smallest absolute Gasteiger partial charge is 0.160 e. The van der Waals surface area contributed by atoms with Crippen LogP contribution in [-0.4, -0.2) is 19.5 Å². The van der Waals surface area contributed by atoms with Crippen LogP contribution >= 0.6 is 0 Å². The van der Waals surface area contributed by atoms with E-state index in [2.05, 4.69) is 185 Å². The monoisotopic (exact) mass is 714 g/mol. The lowest BCUT2D eigenvalue weighted by Crippen LogP contribution is -1.96. The predicted octanol–water partition coefficient (Wildman–Crippen LogP) is 13.5. The van der Waals surface area contributed by atoms with Gasteiger partial charge in [-0.2, -0.15) is 0 Å². The molecule has 8 aromatic carbocycles. The second-order valence-electron chi connectivity index (χ2n) is 14.3. The fraction of sp³-hybridized carbons (Fsp3) is 0. The van der Waals surface area contributed by atoms with Gasteiger partial charge in [-0.3, -0.25) is 0 Å². The minimum atomic E-state index is 0.703. The molecule has 0 bridgehead atoms. The Labute approximate surface area is 324 Å². The van der Waals surface area contributed by atoms with E-state index in [1.165, 1.54) is 38.3 Å². The molecule has 0 radical (unpaired) electrons. The first-order valence-electron chi connectivity index (χ1n) is 19.0. The second-order valence-corrected chi connectivity index (χ2v) is 14.3. The Bertz CT molecular complexity index is 3160. The topological polar surface area (TPSA) is 46.5 Å². The van der Waals surface area contributed by atoms with Crippen LogP contribution in [-0.2, 0) is 0 Å². The van der Waals surface area contributed by atoms with Crippen LogP contribution in [0.15, 0.2) is 200 Å². The molecule has 262 valence electrons. The predicted molar refractivity (Wildman–Crippen MR) is 233 cm³/mol. The summed E-state index contributed by atoms with van der Waals surface area (Å²) in [4.78, 5) is 14.1. The van der Waals surface area contributed by atoms with E-state index in [0.29, 0.717) is 5.82 Å². The molecule has 4 heteroatoms. The third-order valence-electron chi connectivity index (χ3n) is 11.0. The van der Waals surface area contributed by atoms with Crippen molar-refractivity contribution in [2.24, 2.45) is 0 Å². The fourth-order valence-corrected chi connectivity index (χ4v) is 8.32. The molecule has 11 aromatic rings. The Hall–Kier alpha value is -7.56. The van der Waals surface area contributed by atoms with Crippen LogP contribution in [0.25, 0.3) is 105 Å². The van der Waals surface area contributed by atoms with Gasteiger partial charge in [0.15, 0.2) is 5.82 Å². The zero-order valence-corrected chi connectivity index (χ0v) is 30.4. The summed E-state index contributed by atoms with van der Waals surface area (Å²) in [5, 5.41) is 4.79. The summed E-state index contributed by atoms with van der Waals surface area (Å²) in [7, 11) is 0. The molecular formula is C52H34N4. The van der Waals surface area contributed by atoms with Gasteiger partial charge in [0.2, 0.25) is 0 Å². The lowest BCUT2D eigenvalue weighted by molar-refractivity contribution is 1.18. The van der Waals surface area contributed by atoms with E-state index in [1.807, 2.05) is 24.3 Å². The maximum absolute atomic E-state index is 5.19. The highest BCUT2D eigenvalue weighted by atomic mass is 15.0. The van der Waals surface area contributed by atoms with Crippen molar-refractivity contribution in [2.45, 2.75) is 0 Å². The number of nitrogens with one attached hydrogen (secondary N) is 1. The molecule has 0 amide bonds. The molecule has 4 nitrogen and oxygen atoms in total. The van der Waals surface area contributed by atoms with Crippen molar-refractivity contribution in [3.05, 3.63) is 200 Å². The van der Waals surface area contributed by atoms with E-state index in [4.69, 9.17) is 9.97 Å². The number of aromatic amines is 1. The Kier molecular flexibility index (Phi) is 7.46. The summed E-state index contributed by atoms with van der Waals surface area (Å²) in [6, 6.07) is 70.9. The van der Waals surface area contributed by atoms with Gasteiger partial charge in [0.25, 0.3) is 0 Å². The summed E-state index contributed by atoms with van der Waals surface area (Å²) in [5.74, 6) is 0.703. The van der Waals surface area contributed by atoms with Crippen molar-refractivity contribution in [1.82, 2.24) is 19.5 Å². The maximum Gasteiger partial charge on any atom is 0.160 e. The molecule has 0 fully saturated rings. The van der Waals surface area contributed by atoms with E-state index in [1.54, 1.807) is 0 Å². The number of hydrogen-bond acceptors (Lipinski definition) is 2. The number of rotatable bonds is 6. The van der Waals surface area contributed by atoms with Gasteiger partial charge in [0.05, 0.1) is 33.5 Å². The molecule has 0 aliphatic heterocycles. The van der Waals surface area contributed by atoms with Crippen LogP contribution in [0.1, 0.15) is 0 Å². The molecule has 0 aliphatic rings. The Morgan fingerprint density at radius 3 is 1.52 bits per heavy atom. The quantitative estimate of drug-likeness (QED) is 0.186. The zero-order chi connectivity index (χ0) is 37.0. The number of fused-ring (bicyclic) bond motifs is 6.